The number of nitrogens with zero attached hydrogens (tertiary/aromatic N) is 6. The summed E-state index contributed by atoms with van der Waals surface area (Å²) in [6, 6.07) is 2.91. The number of amides is 1. The fraction of sp³-hybridized carbons (Fsp3) is 0.312. The Morgan fingerprint density at radius 1 is 1.11 bits per heavy atom. The van der Waals surface area contributed by atoms with Crippen molar-refractivity contribution in [1.29, 1.82) is 0 Å². The molecule has 9 nitrogen and oxygen atoms in total. The van der Waals surface area contributed by atoms with Gasteiger partial charge in [-0.3, -0.25) is 14.3 Å². The lowest BCUT2D eigenvalue weighted by Gasteiger charge is -2.41. The van der Waals surface area contributed by atoms with Crippen LogP contribution in [0.5, 0.6) is 5.75 Å². The molecular formula is C32H30ClF3N6O3. The fourth-order valence-corrected chi connectivity index (χ4v) is 6.82. The molecule has 6 rings (SSSR count). The number of phenols is 1. The Morgan fingerprint density at radius 3 is 2.53 bits per heavy atom. The number of phenolic OH excluding ortho intramolecular Hbond substituents is 1. The number of hydrogen-bond donors (Lipinski definition) is 1. The monoisotopic (exact) mass is 638 g/mol. The van der Waals surface area contributed by atoms with Crippen molar-refractivity contribution in [3.63, 3.8) is 0 Å². The molecule has 45 heavy (non-hydrogen) atoms. The zero-order valence-corrected chi connectivity index (χ0v) is 25.8. The first-order valence-corrected chi connectivity index (χ1v) is 14.7. The number of fused-ring (bicyclic) bond motifs is 2. The molecule has 0 saturated carbocycles. The maximum Gasteiger partial charge on any atom is 0.354 e. The maximum absolute atomic E-state index is 17.0. The zero-order chi connectivity index (χ0) is 32.5. The summed E-state index contributed by atoms with van der Waals surface area (Å²) in [5, 5.41) is 10.5. The normalized spacial score (nSPS) is 16.3. The van der Waals surface area contributed by atoms with Crippen molar-refractivity contribution >= 4 is 39.9 Å². The van der Waals surface area contributed by atoms with Gasteiger partial charge in [-0.25, -0.2) is 18.0 Å². The zero-order valence-electron chi connectivity index (χ0n) is 25.0. The number of hydrogen-bond acceptors (Lipinski definition) is 7. The van der Waals surface area contributed by atoms with E-state index in [0.29, 0.717) is 23.5 Å². The summed E-state index contributed by atoms with van der Waals surface area (Å²) in [4.78, 5) is 40.8. The van der Waals surface area contributed by atoms with Crippen LogP contribution < -0.4 is 15.5 Å². The molecule has 0 aliphatic carbocycles. The number of aryl methyl sites for hydroxylation is 1. The standard InChI is InChI=1S/C32H30ClF3N6O3/c1-6-20(44)40-11-12-41-17(14-40)13-39(5)30-23-29(24(33)22(26(30)36)21-19(43)8-7-18(34)25(21)35)42(32(45)38-31(23)41)28-16(4)9-10-37-27(28)15(2)3/h6-10,15,17,43H,1,11-14H2,2-5H3. The fourth-order valence-electron chi connectivity index (χ4n) is 6.46. The molecule has 2 aromatic heterocycles. The number of aromatic nitrogens is 3. The molecular weight excluding hydrogens is 609 g/mol. The second-order valence-corrected chi connectivity index (χ2v) is 12.0. The lowest BCUT2D eigenvalue weighted by Crippen LogP contribution is -2.57. The van der Waals surface area contributed by atoms with Crippen LogP contribution in [-0.2, 0) is 4.79 Å². The summed E-state index contributed by atoms with van der Waals surface area (Å²) in [5.74, 6) is -4.88. The van der Waals surface area contributed by atoms with Crippen LogP contribution in [0, 0.1) is 24.4 Å². The lowest BCUT2D eigenvalue weighted by atomic mass is 9.98. The second kappa shape index (κ2) is 11.1. The van der Waals surface area contributed by atoms with Gasteiger partial charge in [0.25, 0.3) is 0 Å². The number of aromatic hydroxyl groups is 1. The predicted octanol–water partition coefficient (Wildman–Crippen LogP) is 5.31. The highest BCUT2D eigenvalue weighted by Gasteiger charge is 2.39. The molecule has 1 atom stereocenters. The van der Waals surface area contributed by atoms with E-state index in [1.807, 2.05) is 18.7 Å². The molecule has 1 amide bonds. The number of rotatable bonds is 4. The number of halogens is 4. The molecule has 0 radical (unpaired) electrons. The Morgan fingerprint density at radius 2 is 1.84 bits per heavy atom. The number of anilines is 2. The minimum Gasteiger partial charge on any atom is -0.507 e. The van der Waals surface area contributed by atoms with Gasteiger partial charge in [0, 0.05) is 45.0 Å². The van der Waals surface area contributed by atoms with E-state index in [4.69, 9.17) is 11.6 Å². The first-order valence-electron chi connectivity index (χ1n) is 14.4. The third-order valence-electron chi connectivity index (χ3n) is 8.52. The van der Waals surface area contributed by atoms with E-state index in [0.717, 1.165) is 12.1 Å². The van der Waals surface area contributed by atoms with Gasteiger partial charge in [0.05, 0.1) is 44.6 Å². The Kier molecular flexibility index (Phi) is 7.51. The smallest absolute Gasteiger partial charge is 0.354 e. The van der Waals surface area contributed by atoms with Crippen LogP contribution in [0.25, 0.3) is 27.7 Å². The first-order chi connectivity index (χ1) is 21.4. The second-order valence-electron chi connectivity index (χ2n) is 11.6. The molecule has 13 heteroatoms. The quantitative estimate of drug-likeness (QED) is 0.303. The van der Waals surface area contributed by atoms with Crippen LogP contribution >= 0.6 is 11.6 Å². The van der Waals surface area contributed by atoms with Gasteiger partial charge in [-0.2, -0.15) is 4.98 Å². The molecule has 1 unspecified atom stereocenters. The molecule has 4 aromatic rings. The molecule has 0 bridgehead atoms. The average molecular weight is 639 g/mol. The van der Waals surface area contributed by atoms with Crippen molar-refractivity contribution in [3.8, 4) is 22.6 Å². The summed E-state index contributed by atoms with van der Waals surface area (Å²) >= 11 is 7.02. The van der Waals surface area contributed by atoms with E-state index >= 15 is 8.78 Å². The molecule has 2 aliphatic rings. The summed E-state index contributed by atoms with van der Waals surface area (Å²) in [5.41, 5.74) is -0.668. The molecule has 1 saturated heterocycles. The predicted molar refractivity (Wildman–Crippen MR) is 167 cm³/mol. The summed E-state index contributed by atoms with van der Waals surface area (Å²) in [6.45, 7) is 10.1. The van der Waals surface area contributed by atoms with Crippen molar-refractivity contribution in [2.75, 3.05) is 43.0 Å². The van der Waals surface area contributed by atoms with Crippen LogP contribution in [-0.4, -0.2) is 69.7 Å². The number of benzene rings is 2. The highest BCUT2D eigenvalue weighted by molar-refractivity contribution is 6.39. The summed E-state index contributed by atoms with van der Waals surface area (Å²) < 4.78 is 48.2. The number of carbonyl (C=O) groups is 1. The van der Waals surface area contributed by atoms with Gasteiger partial charge < -0.3 is 19.8 Å². The SMILES string of the molecule is C=CC(=O)N1CCN2c3nc(=O)n(-c4c(C)ccnc4C(C)C)c4c(Cl)c(-c5c(O)ccc(F)c5F)c(F)c(c34)N(C)CC2C1. The van der Waals surface area contributed by atoms with Crippen molar-refractivity contribution < 1.29 is 23.1 Å². The van der Waals surface area contributed by atoms with Crippen molar-refractivity contribution in [3.05, 3.63) is 81.3 Å². The Bertz CT molecular complexity index is 1980. The largest absolute Gasteiger partial charge is 0.507 e. The van der Waals surface area contributed by atoms with Crippen LogP contribution in [0.15, 0.2) is 41.8 Å². The Hall–Kier alpha value is -4.58. The van der Waals surface area contributed by atoms with Crippen molar-refractivity contribution in [2.45, 2.75) is 32.7 Å². The molecule has 2 aliphatic heterocycles. The van der Waals surface area contributed by atoms with E-state index < -0.39 is 51.1 Å². The Labute approximate surface area is 261 Å². The first kappa shape index (κ1) is 30.4. The topological polar surface area (TPSA) is 94.8 Å². The van der Waals surface area contributed by atoms with Gasteiger partial charge in [-0.05, 0) is 42.7 Å². The minimum atomic E-state index is -1.50. The van der Waals surface area contributed by atoms with Crippen LogP contribution in [0.4, 0.5) is 24.7 Å². The number of carbonyl (C=O) groups excluding carboxylic acids is 1. The van der Waals surface area contributed by atoms with Crippen LogP contribution in [0.3, 0.4) is 0 Å². The minimum absolute atomic E-state index is 0.00350. The Balaban J connectivity index is 1.80. The molecule has 234 valence electrons. The van der Waals surface area contributed by atoms with Gasteiger partial charge in [-0.15, -0.1) is 0 Å². The van der Waals surface area contributed by atoms with Crippen molar-refractivity contribution in [2.24, 2.45) is 0 Å². The van der Waals surface area contributed by atoms with E-state index in [9.17, 15) is 19.1 Å². The molecule has 1 fully saturated rings. The van der Waals surface area contributed by atoms with E-state index in [1.165, 1.54) is 10.6 Å². The summed E-state index contributed by atoms with van der Waals surface area (Å²) in [7, 11) is 1.61. The van der Waals surface area contributed by atoms with E-state index in [-0.39, 0.29) is 53.9 Å². The molecule has 0 spiro atoms. The molecule has 1 N–H and O–H groups in total. The van der Waals surface area contributed by atoms with Crippen molar-refractivity contribution in [1.82, 2.24) is 19.4 Å². The van der Waals surface area contributed by atoms with Gasteiger partial charge >= 0.3 is 5.69 Å². The van der Waals surface area contributed by atoms with Crippen LogP contribution in [0.2, 0.25) is 5.02 Å². The van der Waals surface area contributed by atoms with E-state index in [2.05, 4.69) is 16.5 Å². The third-order valence-corrected chi connectivity index (χ3v) is 8.89. The maximum atomic E-state index is 17.0. The summed E-state index contributed by atoms with van der Waals surface area (Å²) in [6.07, 6.45) is 2.83. The number of pyridine rings is 1. The molecule has 4 heterocycles. The van der Waals surface area contributed by atoms with Gasteiger partial charge in [0.2, 0.25) is 5.91 Å². The number of piperazine rings is 1. The lowest BCUT2D eigenvalue weighted by molar-refractivity contribution is -0.126. The van der Waals surface area contributed by atoms with Gasteiger partial charge in [0.15, 0.2) is 17.5 Å². The van der Waals surface area contributed by atoms with Crippen LogP contribution in [0.1, 0.15) is 31.0 Å². The third kappa shape index (κ3) is 4.61. The average Bonchev–Trinajstić information content (AvgIpc) is 3.12. The van der Waals surface area contributed by atoms with Gasteiger partial charge in [-0.1, -0.05) is 32.0 Å². The highest BCUT2D eigenvalue weighted by atomic mass is 35.5. The van der Waals surface area contributed by atoms with E-state index in [1.54, 1.807) is 36.0 Å². The van der Waals surface area contributed by atoms with Gasteiger partial charge in [0.1, 0.15) is 11.6 Å². The number of likely N-dealkylation sites (N-methyl/N-ethyl adjacent to an activating group) is 1. The highest BCUT2D eigenvalue weighted by Crippen LogP contribution is 2.50. The molecule has 2 aromatic carbocycles.